The van der Waals surface area contributed by atoms with Gasteiger partial charge in [-0.25, -0.2) is 0 Å². The largest absolute Gasteiger partial charge is 0.406 e. The molecule has 0 aromatic carbocycles. The van der Waals surface area contributed by atoms with Crippen LogP contribution in [0.1, 0.15) is 9.67 Å². The smallest absolute Gasteiger partial charge is 0.325 e. The van der Waals surface area contributed by atoms with Gasteiger partial charge in [-0.15, -0.1) is 6.58 Å². The zero-order valence-electron chi connectivity index (χ0n) is 9.51. The van der Waals surface area contributed by atoms with Crippen molar-refractivity contribution in [2.24, 2.45) is 0 Å². The van der Waals surface area contributed by atoms with Crippen LogP contribution in [0.15, 0.2) is 24.8 Å². The summed E-state index contributed by atoms with van der Waals surface area (Å²) in [6.45, 7) is 1.56. The highest BCUT2D eigenvalue weighted by Gasteiger charge is 2.33. The zero-order chi connectivity index (χ0) is 14.6. The molecule has 0 aliphatic carbocycles. The molecule has 9 heteroatoms. The first-order valence-electron chi connectivity index (χ1n) is 4.95. The highest BCUT2D eigenvalue weighted by molar-refractivity contribution is 7.17. The number of alkyl halides is 3. The fourth-order valence-electron chi connectivity index (χ4n) is 1.29. The van der Waals surface area contributed by atoms with Crippen LogP contribution in [0, 0.1) is 10.1 Å². The normalized spacial score (nSPS) is 11.1. The van der Waals surface area contributed by atoms with Gasteiger partial charge in [-0.2, -0.15) is 13.2 Å². The van der Waals surface area contributed by atoms with Gasteiger partial charge in [0.15, 0.2) is 0 Å². The van der Waals surface area contributed by atoms with Crippen molar-refractivity contribution in [3.8, 4) is 0 Å². The van der Waals surface area contributed by atoms with Gasteiger partial charge in [0.2, 0.25) is 0 Å². The van der Waals surface area contributed by atoms with Crippen LogP contribution in [0.25, 0.3) is 0 Å². The fraction of sp³-hybridized carbons (Fsp3) is 0.300. The van der Waals surface area contributed by atoms with E-state index < -0.39 is 23.6 Å². The van der Waals surface area contributed by atoms with E-state index in [1.807, 2.05) is 0 Å². The van der Waals surface area contributed by atoms with Crippen molar-refractivity contribution < 1.29 is 22.9 Å². The molecular weight excluding hydrogens is 285 g/mol. The summed E-state index contributed by atoms with van der Waals surface area (Å²) in [4.78, 5) is 22.0. The van der Waals surface area contributed by atoms with Gasteiger partial charge >= 0.3 is 11.2 Å². The maximum atomic E-state index is 12.3. The maximum absolute atomic E-state index is 12.3. The first-order valence-corrected chi connectivity index (χ1v) is 5.77. The minimum atomic E-state index is -4.54. The summed E-state index contributed by atoms with van der Waals surface area (Å²) in [7, 11) is 0. The van der Waals surface area contributed by atoms with Gasteiger partial charge in [-0.05, 0) is 6.07 Å². The molecule has 1 aromatic rings. The Morgan fingerprint density at radius 3 is 2.58 bits per heavy atom. The Morgan fingerprint density at radius 2 is 2.16 bits per heavy atom. The maximum Gasteiger partial charge on any atom is 0.406 e. The second-order valence-corrected chi connectivity index (χ2v) is 4.55. The van der Waals surface area contributed by atoms with E-state index in [0.29, 0.717) is 16.2 Å². The molecule has 0 aliphatic heterocycles. The predicted octanol–water partition coefficient (Wildman–Crippen LogP) is 2.85. The third-order valence-corrected chi connectivity index (χ3v) is 3.01. The Hall–Kier alpha value is -1.90. The zero-order valence-corrected chi connectivity index (χ0v) is 10.3. The molecule has 0 radical (unpaired) electrons. The van der Waals surface area contributed by atoms with Crippen LogP contribution in [-0.2, 0) is 0 Å². The monoisotopic (exact) mass is 294 g/mol. The molecule has 1 aromatic heterocycles. The van der Waals surface area contributed by atoms with E-state index in [0.717, 1.165) is 18.2 Å². The molecule has 0 aliphatic rings. The molecule has 104 valence electrons. The fourth-order valence-corrected chi connectivity index (χ4v) is 2.08. The number of carbonyl (C=O) groups excluding carboxylic acids is 1. The first-order chi connectivity index (χ1) is 8.74. The van der Waals surface area contributed by atoms with Crippen LogP contribution in [0.5, 0.6) is 0 Å². The number of rotatable bonds is 5. The minimum Gasteiger partial charge on any atom is -0.325 e. The Balaban J connectivity index is 2.92. The Morgan fingerprint density at radius 1 is 1.53 bits per heavy atom. The van der Waals surface area contributed by atoms with E-state index in [1.165, 1.54) is 0 Å². The lowest BCUT2D eigenvalue weighted by Gasteiger charge is -2.21. The van der Waals surface area contributed by atoms with Gasteiger partial charge in [0, 0.05) is 12.6 Å². The van der Waals surface area contributed by atoms with Gasteiger partial charge < -0.3 is 4.90 Å². The molecule has 0 N–H and O–H groups in total. The lowest BCUT2D eigenvalue weighted by atomic mass is 10.3. The Kier molecular flexibility index (Phi) is 4.65. The van der Waals surface area contributed by atoms with Crippen molar-refractivity contribution in [2.75, 3.05) is 13.1 Å². The first kappa shape index (κ1) is 15.2. The van der Waals surface area contributed by atoms with Crippen LogP contribution in [0.3, 0.4) is 0 Å². The molecule has 1 rings (SSSR count). The predicted molar refractivity (Wildman–Crippen MR) is 63.1 cm³/mol. The molecular formula is C10H9F3N2O3S. The number of hydrogen-bond acceptors (Lipinski definition) is 4. The lowest BCUT2D eigenvalue weighted by Crippen LogP contribution is -2.38. The molecule has 19 heavy (non-hydrogen) atoms. The summed E-state index contributed by atoms with van der Waals surface area (Å²) < 4.78 is 36.9. The summed E-state index contributed by atoms with van der Waals surface area (Å²) in [6, 6.07) is 2.22. The highest BCUT2D eigenvalue weighted by Crippen LogP contribution is 2.26. The molecule has 0 fully saturated rings. The van der Waals surface area contributed by atoms with E-state index in [1.54, 1.807) is 0 Å². The van der Waals surface area contributed by atoms with Crippen molar-refractivity contribution in [2.45, 2.75) is 6.18 Å². The van der Waals surface area contributed by atoms with Crippen molar-refractivity contribution in [3.63, 3.8) is 0 Å². The van der Waals surface area contributed by atoms with Crippen molar-refractivity contribution >= 4 is 22.2 Å². The molecule has 0 bridgehead atoms. The van der Waals surface area contributed by atoms with Crippen LogP contribution < -0.4 is 0 Å². The van der Waals surface area contributed by atoms with Gasteiger partial charge in [0.05, 0.1) is 9.80 Å². The van der Waals surface area contributed by atoms with Crippen LogP contribution in [-0.4, -0.2) is 35.0 Å². The molecule has 1 heterocycles. The Bertz CT molecular complexity index is 498. The lowest BCUT2D eigenvalue weighted by molar-refractivity contribution is -0.380. The molecule has 0 saturated carbocycles. The number of halogens is 3. The standard InChI is InChI=1S/C10H9F3N2O3S/c1-2-5-14(6-10(11,12)13)9(16)7-3-4-8(19-7)15(17)18/h2-4H,1,5-6H2. The van der Waals surface area contributed by atoms with E-state index >= 15 is 0 Å². The number of nitrogens with zero attached hydrogens (tertiary/aromatic N) is 2. The number of amides is 1. The van der Waals surface area contributed by atoms with Gasteiger partial charge in [-0.1, -0.05) is 17.4 Å². The van der Waals surface area contributed by atoms with E-state index in [9.17, 15) is 28.1 Å². The van der Waals surface area contributed by atoms with Crippen molar-refractivity contribution in [1.29, 1.82) is 0 Å². The Labute approximate surface area is 110 Å². The second-order valence-electron chi connectivity index (χ2n) is 3.48. The molecule has 0 unspecified atom stereocenters. The highest BCUT2D eigenvalue weighted by atomic mass is 32.1. The van der Waals surface area contributed by atoms with Crippen LogP contribution in [0.4, 0.5) is 18.2 Å². The molecule has 1 amide bonds. The van der Waals surface area contributed by atoms with Gasteiger partial charge in [0.1, 0.15) is 6.54 Å². The molecule has 0 spiro atoms. The van der Waals surface area contributed by atoms with E-state index in [4.69, 9.17) is 0 Å². The topological polar surface area (TPSA) is 63.5 Å². The average molecular weight is 294 g/mol. The summed E-state index contributed by atoms with van der Waals surface area (Å²) in [5, 5.41) is 10.2. The molecule has 0 atom stereocenters. The van der Waals surface area contributed by atoms with Crippen molar-refractivity contribution in [3.05, 3.63) is 39.8 Å². The van der Waals surface area contributed by atoms with E-state index in [2.05, 4.69) is 6.58 Å². The summed E-state index contributed by atoms with van der Waals surface area (Å²) in [5.41, 5.74) is 0. The SMILES string of the molecule is C=CCN(CC(F)(F)F)C(=O)c1ccc([N+](=O)[O-])s1. The number of thiophene rings is 1. The summed E-state index contributed by atoms with van der Waals surface area (Å²) >= 11 is 0.537. The summed E-state index contributed by atoms with van der Waals surface area (Å²) in [5.74, 6) is -0.907. The molecule has 5 nitrogen and oxygen atoms in total. The minimum absolute atomic E-state index is 0.113. The van der Waals surface area contributed by atoms with Crippen molar-refractivity contribution in [1.82, 2.24) is 4.90 Å². The quantitative estimate of drug-likeness (QED) is 0.476. The van der Waals surface area contributed by atoms with E-state index in [-0.39, 0.29) is 16.4 Å². The van der Waals surface area contributed by atoms with Crippen LogP contribution >= 0.6 is 11.3 Å². The average Bonchev–Trinajstić information content (AvgIpc) is 2.75. The number of carbonyl (C=O) groups is 1. The third kappa shape index (κ3) is 4.36. The van der Waals surface area contributed by atoms with Gasteiger partial charge in [-0.3, -0.25) is 14.9 Å². The third-order valence-electron chi connectivity index (χ3n) is 1.99. The van der Waals surface area contributed by atoms with Crippen LogP contribution in [0.2, 0.25) is 0 Å². The number of nitro groups is 1. The molecule has 0 saturated heterocycles. The van der Waals surface area contributed by atoms with Gasteiger partial charge in [0.25, 0.3) is 5.91 Å². The second kappa shape index (κ2) is 5.83. The summed E-state index contributed by atoms with van der Waals surface area (Å²) in [6.07, 6.45) is -3.38. The number of hydrogen-bond donors (Lipinski definition) is 0.